The minimum absolute atomic E-state index is 0.441. The molecule has 0 aromatic heterocycles. The van der Waals surface area contributed by atoms with Gasteiger partial charge in [-0.1, -0.05) is 0 Å². The van der Waals surface area contributed by atoms with Crippen LogP contribution in [0.3, 0.4) is 0 Å². The van der Waals surface area contributed by atoms with Crippen molar-refractivity contribution in [3.05, 3.63) is 0 Å². The van der Waals surface area contributed by atoms with E-state index in [4.69, 9.17) is 17.3 Å². The number of aliphatic hydroxyl groups excluding tert-OH is 1. The maximum Gasteiger partial charge on any atom is 0.168 e. The molecule has 0 aromatic carbocycles. The molecule has 0 aliphatic carbocycles. The van der Waals surface area contributed by atoms with Gasteiger partial charge in [0, 0.05) is 13.0 Å². The molecule has 46 valence electrons. The number of nitrogens with one attached hydrogen (secondary N) is 2. The first-order chi connectivity index (χ1) is 3.79. The van der Waals surface area contributed by atoms with Crippen LogP contribution in [0.4, 0.5) is 0 Å². The van der Waals surface area contributed by atoms with Crippen molar-refractivity contribution in [1.29, 1.82) is 0 Å². The Labute approximate surface area is 53.1 Å². The molecular weight excluding hydrogens is 124 g/mol. The fraction of sp³-hybridized carbons (Fsp3) is 0.750. The Bertz CT molecular complexity index is 106. The first-order valence-electron chi connectivity index (χ1n) is 2.51. The molecule has 1 aliphatic heterocycles. The third-order valence-electron chi connectivity index (χ3n) is 1.00. The normalized spacial score (nSPS) is 28.6. The second kappa shape index (κ2) is 2.28. The smallest absolute Gasteiger partial charge is 0.168 e. The number of aliphatic hydroxyl groups is 1. The van der Waals surface area contributed by atoms with Crippen molar-refractivity contribution in [1.82, 2.24) is 10.6 Å². The van der Waals surface area contributed by atoms with Crippen molar-refractivity contribution < 1.29 is 5.11 Å². The highest BCUT2D eigenvalue weighted by Crippen LogP contribution is 1.89. The highest BCUT2D eigenvalue weighted by atomic mass is 32.1. The lowest BCUT2D eigenvalue weighted by Gasteiger charge is -2.21. The van der Waals surface area contributed by atoms with Crippen molar-refractivity contribution in [2.24, 2.45) is 0 Å². The van der Waals surface area contributed by atoms with Crippen LogP contribution in [-0.4, -0.2) is 23.0 Å². The standard InChI is InChI=1S/C4H8N2OS/c7-3-1-2-5-4(8)6-3/h3,7H,1-2H2,(H2,5,6,8). The van der Waals surface area contributed by atoms with Gasteiger partial charge in [0.15, 0.2) is 5.11 Å². The van der Waals surface area contributed by atoms with Crippen LogP contribution in [0.15, 0.2) is 0 Å². The zero-order valence-electron chi connectivity index (χ0n) is 4.35. The van der Waals surface area contributed by atoms with Crippen LogP contribution < -0.4 is 10.6 Å². The average Bonchev–Trinajstić information content (AvgIpc) is 1.64. The van der Waals surface area contributed by atoms with Crippen LogP contribution in [0.1, 0.15) is 6.42 Å². The van der Waals surface area contributed by atoms with Gasteiger partial charge in [0.05, 0.1) is 0 Å². The summed E-state index contributed by atoms with van der Waals surface area (Å²) in [5, 5.41) is 14.9. The summed E-state index contributed by atoms with van der Waals surface area (Å²) in [6.07, 6.45) is 0.281. The van der Waals surface area contributed by atoms with Crippen LogP contribution in [0.5, 0.6) is 0 Å². The van der Waals surface area contributed by atoms with Crippen molar-refractivity contribution in [3.8, 4) is 0 Å². The summed E-state index contributed by atoms with van der Waals surface area (Å²) in [7, 11) is 0. The molecule has 1 atom stereocenters. The van der Waals surface area contributed by atoms with Gasteiger partial charge in [-0.3, -0.25) is 0 Å². The number of hydrogen-bond acceptors (Lipinski definition) is 2. The predicted octanol–water partition coefficient (Wildman–Crippen LogP) is -0.827. The van der Waals surface area contributed by atoms with Gasteiger partial charge < -0.3 is 15.7 Å². The second-order valence-electron chi connectivity index (χ2n) is 1.70. The molecule has 3 N–H and O–H groups in total. The van der Waals surface area contributed by atoms with Crippen LogP contribution in [-0.2, 0) is 0 Å². The van der Waals surface area contributed by atoms with E-state index < -0.39 is 6.23 Å². The van der Waals surface area contributed by atoms with Crippen LogP contribution >= 0.6 is 12.2 Å². The molecule has 1 fully saturated rings. The van der Waals surface area contributed by atoms with E-state index in [-0.39, 0.29) is 0 Å². The molecule has 1 unspecified atom stereocenters. The van der Waals surface area contributed by atoms with Gasteiger partial charge in [-0.2, -0.15) is 0 Å². The zero-order valence-corrected chi connectivity index (χ0v) is 5.16. The molecule has 0 bridgehead atoms. The number of rotatable bonds is 0. The van der Waals surface area contributed by atoms with Crippen molar-refractivity contribution in [2.75, 3.05) is 6.54 Å². The van der Waals surface area contributed by atoms with Crippen molar-refractivity contribution in [2.45, 2.75) is 12.6 Å². The third kappa shape index (κ3) is 1.31. The average molecular weight is 132 g/mol. The minimum atomic E-state index is -0.441. The molecule has 0 radical (unpaired) electrons. The molecular formula is C4H8N2OS. The van der Waals surface area contributed by atoms with Crippen molar-refractivity contribution >= 4 is 17.3 Å². The Morgan fingerprint density at radius 3 is 2.88 bits per heavy atom. The van der Waals surface area contributed by atoms with Gasteiger partial charge in [0.1, 0.15) is 6.23 Å². The Hall–Kier alpha value is -0.350. The maximum atomic E-state index is 8.84. The van der Waals surface area contributed by atoms with Gasteiger partial charge in [-0.25, -0.2) is 0 Å². The summed E-state index contributed by atoms with van der Waals surface area (Å²) in [6, 6.07) is 0. The van der Waals surface area contributed by atoms with E-state index in [9.17, 15) is 0 Å². The summed E-state index contributed by atoms with van der Waals surface area (Å²) < 4.78 is 0. The summed E-state index contributed by atoms with van der Waals surface area (Å²) in [6.45, 7) is 0.771. The van der Waals surface area contributed by atoms with Crippen molar-refractivity contribution in [3.63, 3.8) is 0 Å². The van der Waals surface area contributed by atoms with Gasteiger partial charge in [0.2, 0.25) is 0 Å². The van der Waals surface area contributed by atoms with E-state index in [1.54, 1.807) is 0 Å². The molecule has 8 heavy (non-hydrogen) atoms. The van der Waals surface area contributed by atoms with Gasteiger partial charge in [-0.15, -0.1) is 0 Å². The van der Waals surface area contributed by atoms with E-state index in [1.807, 2.05) is 0 Å². The van der Waals surface area contributed by atoms with E-state index in [0.717, 1.165) is 13.0 Å². The molecule has 0 amide bonds. The van der Waals surface area contributed by atoms with Crippen LogP contribution in [0.2, 0.25) is 0 Å². The fourth-order valence-corrected chi connectivity index (χ4v) is 0.835. The van der Waals surface area contributed by atoms with Gasteiger partial charge in [-0.05, 0) is 12.2 Å². The van der Waals surface area contributed by atoms with E-state index in [1.165, 1.54) is 0 Å². The molecule has 4 heteroatoms. The van der Waals surface area contributed by atoms with Crippen LogP contribution in [0.25, 0.3) is 0 Å². The lowest BCUT2D eigenvalue weighted by Crippen LogP contribution is -2.48. The van der Waals surface area contributed by atoms with Gasteiger partial charge in [0.25, 0.3) is 0 Å². The molecule has 0 aromatic rings. The Kier molecular flexibility index (Phi) is 1.65. The Balaban J connectivity index is 2.34. The first kappa shape index (κ1) is 5.78. The highest BCUT2D eigenvalue weighted by molar-refractivity contribution is 7.80. The van der Waals surface area contributed by atoms with E-state index in [0.29, 0.717) is 5.11 Å². The molecule has 1 heterocycles. The van der Waals surface area contributed by atoms with Gasteiger partial charge >= 0.3 is 0 Å². The molecule has 1 saturated heterocycles. The predicted molar refractivity (Wildman–Crippen MR) is 34.4 cm³/mol. The zero-order chi connectivity index (χ0) is 5.98. The minimum Gasteiger partial charge on any atom is -0.374 e. The molecule has 1 rings (SSSR count). The quantitative estimate of drug-likeness (QED) is 0.376. The highest BCUT2D eigenvalue weighted by Gasteiger charge is 2.09. The topological polar surface area (TPSA) is 44.3 Å². The monoisotopic (exact) mass is 132 g/mol. The number of thiocarbonyl (C=S) groups is 1. The maximum absolute atomic E-state index is 8.84. The summed E-state index contributed by atoms with van der Waals surface area (Å²) in [5.41, 5.74) is 0. The Morgan fingerprint density at radius 2 is 2.50 bits per heavy atom. The lowest BCUT2D eigenvalue weighted by atomic mass is 10.3. The number of hydrogen-bond donors (Lipinski definition) is 3. The fourth-order valence-electron chi connectivity index (χ4n) is 0.597. The summed E-state index contributed by atoms with van der Waals surface area (Å²) >= 11 is 4.70. The van der Waals surface area contributed by atoms with E-state index >= 15 is 0 Å². The molecule has 0 saturated carbocycles. The molecule has 1 aliphatic rings. The Morgan fingerprint density at radius 1 is 1.75 bits per heavy atom. The largest absolute Gasteiger partial charge is 0.374 e. The first-order valence-corrected chi connectivity index (χ1v) is 2.92. The SMILES string of the molecule is OC1CCNC(=S)N1. The van der Waals surface area contributed by atoms with E-state index in [2.05, 4.69) is 10.6 Å². The van der Waals surface area contributed by atoms with Crippen LogP contribution in [0, 0.1) is 0 Å². The lowest BCUT2D eigenvalue weighted by molar-refractivity contribution is 0.142. The molecule has 0 spiro atoms. The second-order valence-corrected chi connectivity index (χ2v) is 2.11. The molecule has 3 nitrogen and oxygen atoms in total. The third-order valence-corrected chi connectivity index (χ3v) is 1.26. The summed E-state index contributed by atoms with van der Waals surface area (Å²) in [4.78, 5) is 0. The summed E-state index contributed by atoms with van der Waals surface area (Å²) in [5.74, 6) is 0.